The minimum atomic E-state index is -0.686. The van der Waals surface area contributed by atoms with Crippen molar-refractivity contribution in [2.45, 2.75) is 12.5 Å². The van der Waals surface area contributed by atoms with Gasteiger partial charge in [0.15, 0.2) is 0 Å². The standard InChI is InChI=1S/C16H18N2O3/c1-21-12-7-8-14(15(19)10-12)18-16(20)13(17)9-11-5-3-2-4-6-11/h2-8,10,13,19H,9,17H2,1H3,(H,18,20). The molecule has 0 aromatic heterocycles. The third-order valence-electron chi connectivity index (χ3n) is 3.10. The fourth-order valence-electron chi connectivity index (χ4n) is 1.93. The van der Waals surface area contributed by atoms with Gasteiger partial charge in [0.1, 0.15) is 11.5 Å². The van der Waals surface area contributed by atoms with Crippen LogP contribution in [0.5, 0.6) is 11.5 Å². The van der Waals surface area contributed by atoms with Crippen molar-refractivity contribution in [2.24, 2.45) is 5.73 Å². The van der Waals surface area contributed by atoms with Crippen molar-refractivity contribution >= 4 is 11.6 Å². The van der Waals surface area contributed by atoms with Crippen LogP contribution in [0.1, 0.15) is 5.56 Å². The number of hydrogen-bond acceptors (Lipinski definition) is 4. The van der Waals surface area contributed by atoms with E-state index >= 15 is 0 Å². The summed E-state index contributed by atoms with van der Waals surface area (Å²) in [6.07, 6.45) is 0.434. The Balaban J connectivity index is 2.00. The van der Waals surface area contributed by atoms with E-state index in [0.29, 0.717) is 17.9 Å². The van der Waals surface area contributed by atoms with Crippen molar-refractivity contribution in [2.75, 3.05) is 12.4 Å². The highest BCUT2D eigenvalue weighted by Crippen LogP contribution is 2.27. The van der Waals surface area contributed by atoms with Crippen LogP contribution < -0.4 is 15.8 Å². The number of hydrogen-bond donors (Lipinski definition) is 3. The second-order valence-corrected chi connectivity index (χ2v) is 4.67. The predicted octanol–water partition coefficient (Wildman–Crippen LogP) is 1.91. The molecule has 0 radical (unpaired) electrons. The fraction of sp³-hybridized carbons (Fsp3) is 0.188. The first kappa shape index (κ1) is 14.9. The van der Waals surface area contributed by atoms with Crippen LogP contribution in [0.15, 0.2) is 48.5 Å². The van der Waals surface area contributed by atoms with Crippen LogP contribution in [-0.2, 0) is 11.2 Å². The van der Waals surface area contributed by atoms with Gasteiger partial charge < -0.3 is 20.9 Å². The van der Waals surface area contributed by atoms with Gasteiger partial charge in [0.2, 0.25) is 5.91 Å². The molecule has 0 aliphatic carbocycles. The molecular formula is C16H18N2O3. The van der Waals surface area contributed by atoms with Gasteiger partial charge in [-0.1, -0.05) is 30.3 Å². The summed E-state index contributed by atoms with van der Waals surface area (Å²) in [5.41, 5.74) is 7.18. The number of ether oxygens (including phenoxy) is 1. The van der Waals surface area contributed by atoms with Crippen molar-refractivity contribution in [3.05, 3.63) is 54.1 Å². The third-order valence-corrected chi connectivity index (χ3v) is 3.10. The highest BCUT2D eigenvalue weighted by Gasteiger charge is 2.15. The molecule has 0 heterocycles. The average molecular weight is 286 g/mol. The van der Waals surface area contributed by atoms with Crippen LogP contribution in [-0.4, -0.2) is 24.2 Å². The summed E-state index contributed by atoms with van der Waals surface area (Å²) in [5, 5.41) is 12.4. The first-order valence-electron chi connectivity index (χ1n) is 6.57. The number of benzene rings is 2. The highest BCUT2D eigenvalue weighted by molar-refractivity contribution is 5.96. The third kappa shape index (κ3) is 3.97. The molecule has 2 aromatic carbocycles. The lowest BCUT2D eigenvalue weighted by Crippen LogP contribution is -2.37. The molecule has 1 amide bonds. The smallest absolute Gasteiger partial charge is 0.241 e. The van der Waals surface area contributed by atoms with Gasteiger partial charge in [-0.05, 0) is 24.1 Å². The molecule has 2 rings (SSSR count). The molecule has 5 heteroatoms. The molecule has 2 aromatic rings. The number of nitrogens with two attached hydrogens (primary N) is 1. The highest BCUT2D eigenvalue weighted by atomic mass is 16.5. The molecular weight excluding hydrogens is 268 g/mol. The summed E-state index contributed by atoms with van der Waals surface area (Å²) in [6, 6.07) is 13.5. The maximum Gasteiger partial charge on any atom is 0.241 e. The van der Waals surface area contributed by atoms with Crippen LogP contribution in [0.25, 0.3) is 0 Å². The molecule has 21 heavy (non-hydrogen) atoms. The minimum absolute atomic E-state index is 0.0605. The Bertz CT molecular complexity index is 614. The maximum atomic E-state index is 12.0. The van der Waals surface area contributed by atoms with Gasteiger partial charge in [-0.2, -0.15) is 0 Å². The Morgan fingerprint density at radius 1 is 1.29 bits per heavy atom. The van der Waals surface area contributed by atoms with Crippen LogP contribution in [0.3, 0.4) is 0 Å². The number of phenolic OH excluding ortho intramolecular Hbond substituents is 1. The second-order valence-electron chi connectivity index (χ2n) is 4.67. The van der Waals surface area contributed by atoms with Crippen molar-refractivity contribution < 1.29 is 14.6 Å². The van der Waals surface area contributed by atoms with Crippen LogP contribution >= 0.6 is 0 Å². The van der Waals surface area contributed by atoms with Gasteiger partial charge in [0.25, 0.3) is 0 Å². The Hall–Kier alpha value is -2.53. The zero-order valence-corrected chi connectivity index (χ0v) is 11.7. The Labute approximate surface area is 123 Å². The topological polar surface area (TPSA) is 84.6 Å². The molecule has 0 spiro atoms. The summed E-state index contributed by atoms with van der Waals surface area (Å²) in [7, 11) is 1.50. The van der Waals surface area contributed by atoms with E-state index in [9.17, 15) is 9.90 Å². The number of anilines is 1. The van der Waals surface area contributed by atoms with Crippen LogP contribution in [0.4, 0.5) is 5.69 Å². The molecule has 4 N–H and O–H groups in total. The molecule has 110 valence electrons. The quantitative estimate of drug-likeness (QED) is 0.733. The van der Waals surface area contributed by atoms with Gasteiger partial charge in [-0.15, -0.1) is 0 Å². The molecule has 0 saturated heterocycles. The van der Waals surface area contributed by atoms with Crippen molar-refractivity contribution in [1.82, 2.24) is 0 Å². The zero-order valence-electron chi connectivity index (χ0n) is 11.7. The lowest BCUT2D eigenvalue weighted by atomic mass is 10.1. The number of carbonyl (C=O) groups excluding carboxylic acids is 1. The largest absolute Gasteiger partial charge is 0.506 e. The zero-order chi connectivity index (χ0) is 15.2. The summed E-state index contributed by atoms with van der Waals surface area (Å²) >= 11 is 0. The predicted molar refractivity (Wildman–Crippen MR) is 81.4 cm³/mol. The van der Waals surface area contributed by atoms with Crippen LogP contribution in [0, 0.1) is 0 Å². The summed E-state index contributed by atoms with van der Waals surface area (Å²) in [6.45, 7) is 0. The van der Waals surface area contributed by atoms with Crippen molar-refractivity contribution in [3.63, 3.8) is 0 Å². The first-order valence-corrected chi connectivity index (χ1v) is 6.57. The van der Waals surface area contributed by atoms with E-state index in [4.69, 9.17) is 10.5 Å². The van der Waals surface area contributed by atoms with E-state index in [1.165, 1.54) is 13.2 Å². The van der Waals surface area contributed by atoms with E-state index in [1.807, 2.05) is 30.3 Å². The molecule has 0 aliphatic rings. The van der Waals surface area contributed by atoms with E-state index in [2.05, 4.69) is 5.32 Å². The lowest BCUT2D eigenvalue weighted by molar-refractivity contribution is -0.117. The number of aromatic hydroxyl groups is 1. The first-order chi connectivity index (χ1) is 10.1. The monoisotopic (exact) mass is 286 g/mol. The molecule has 0 fully saturated rings. The van der Waals surface area contributed by atoms with E-state index < -0.39 is 6.04 Å². The second kappa shape index (κ2) is 6.76. The van der Waals surface area contributed by atoms with E-state index in [-0.39, 0.29) is 11.7 Å². The minimum Gasteiger partial charge on any atom is -0.506 e. The molecule has 0 aliphatic heterocycles. The molecule has 1 unspecified atom stereocenters. The number of phenols is 1. The van der Waals surface area contributed by atoms with Crippen molar-refractivity contribution in [3.8, 4) is 11.5 Å². The SMILES string of the molecule is COc1ccc(NC(=O)C(N)Cc2ccccc2)c(O)c1. The summed E-state index contributed by atoms with van der Waals surface area (Å²) < 4.78 is 4.98. The molecule has 0 saturated carbocycles. The lowest BCUT2D eigenvalue weighted by Gasteiger charge is -2.13. The van der Waals surface area contributed by atoms with Crippen LogP contribution in [0.2, 0.25) is 0 Å². The number of rotatable bonds is 5. The number of carbonyl (C=O) groups is 1. The number of amides is 1. The van der Waals surface area contributed by atoms with E-state index in [0.717, 1.165) is 5.56 Å². The van der Waals surface area contributed by atoms with Crippen molar-refractivity contribution in [1.29, 1.82) is 0 Å². The summed E-state index contributed by atoms with van der Waals surface area (Å²) in [5.74, 6) is 0.105. The van der Waals surface area contributed by atoms with Gasteiger partial charge in [-0.25, -0.2) is 0 Å². The van der Waals surface area contributed by atoms with Gasteiger partial charge in [-0.3, -0.25) is 4.79 Å². The molecule has 5 nitrogen and oxygen atoms in total. The van der Waals surface area contributed by atoms with Gasteiger partial charge in [0.05, 0.1) is 18.8 Å². The Morgan fingerprint density at radius 3 is 2.62 bits per heavy atom. The molecule has 1 atom stereocenters. The van der Waals surface area contributed by atoms with E-state index in [1.54, 1.807) is 12.1 Å². The van der Waals surface area contributed by atoms with Gasteiger partial charge >= 0.3 is 0 Å². The maximum absolute atomic E-state index is 12.0. The Kier molecular flexibility index (Phi) is 4.79. The van der Waals surface area contributed by atoms with Gasteiger partial charge in [0, 0.05) is 6.07 Å². The number of methoxy groups -OCH3 is 1. The summed E-state index contributed by atoms with van der Waals surface area (Å²) in [4.78, 5) is 12.0. The number of nitrogens with one attached hydrogen (secondary N) is 1. The molecule has 0 bridgehead atoms. The average Bonchev–Trinajstić information content (AvgIpc) is 2.50. The normalized spacial score (nSPS) is 11.7. The fourth-order valence-corrected chi connectivity index (χ4v) is 1.93. The Morgan fingerprint density at radius 2 is 2.00 bits per heavy atom.